The highest BCUT2D eigenvalue weighted by Gasteiger charge is 2.12. The van der Waals surface area contributed by atoms with Crippen LogP contribution in [-0.4, -0.2) is 25.2 Å². The van der Waals surface area contributed by atoms with Crippen molar-refractivity contribution in [1.82, 2.24) is 19.3 Å². The second-order valence-corrected chi connectivity index (χ2v) is 6.26. The molecular formula is C14H14ClIN4. The van der Waals surface area contributed by atoms with Gasteiger partial charge in [-0.2, -0.15) is 5.10 Å². The van der Waals surface area contributed by atoms with E-state index >= 15 is 0 Å². The van der Waals surface area contributed by atoms with E-state index in [1.807, 2.05) is 24.0 Å². The van der Waals surface area contributed by atoms with Gasteiger partial charge in [0.1, 0.15) is 5.82 Å². The van der Waals surface area contributed by atoms with E-state index in [-0.39, 0.29) is 0 Å². The molecule has 0 aliphatic heterocycles. The van der Waals surface area contributed by atoms with Crippen LogP contribution in [0.3, 0.4) is 0 Å². The summed E-state index contributed by atoms with van der Waals surface area (Å²) in [6.07, 6.45) is 2.59. The first-order chi connectivity index (χ1) is 9.69. The summed E-state index contributed by atoms with van der Waals surface area (Å²) in [5.74, 6) is 1.60. The summed E-state index contributed by atoms with van der Waals surface area (Å²) in [6, 6.07) is 8.36. The van der Waals surface area contributed by atoms with Crippen molar-refractivity contribution in [3.8, 4) is 0 Å². The number of rotatable bonds is 4. The number of fused-ring (bicyclic) bond motifs is 1. The third kappa shape index (κ3) is 2.56. The van der Waals surface area contributed by atoms with Gasteiger partial charge in [0.15, 0.2) is 0 Å². The first kappa shape index (κ1) is 13.9. The molecule has 6 heteroatoms. The normalized spacial score (nSPS) is 11.3. The first-order valence-electron chi connectivity index (χ1n) is 6.36. The number of hydrogen-bond donors (Lipinski definition) is 0. The molecule has 0 saturated carbocycles. The van der Waals surface area contributed by atoms with E-state index in [4.69, 9.17) is 16.6 Å². The Bertz CT molecular complexity index is 747. The van der Waals surface area contributed by atoms with Crippen molar-refractivity contribution < 1.29 is 0 Å². The van der Waals surface area contributed by atoms with Gasteiger partial charge >= 0.3 is 0 Å². The fraction of sp³-hybridized carbons (Fsp3) is 0.286. The highest BCUT2D eigenvalue weighted by Crippen LogP contribution is 2.21. The standard InChI is InChI=1S/C14H14ClIN4/c1-19-11(5-7-17-19)9-20-13-3-2-10(16)8-12(13)18-14(20)4-6-15/h2-3,5,7-8H,4,6,9H2,1H3. The van der Waals surface area contributed by atoms with Gasteiger partial charge < -0.3 is 4.57 Å². The maximum atomic E-state index is 5.91. The van der Waals surface area contributed by atoms with Crippen LogP contribution in [0.5, 0.6) is 0 Å². The average molecular weight is 401 g/mol. The average Bonchev–Trinajstić information content (AvgIpc) is 2.96. The third-order valence-electron chi connectivity index (χ3n) is 3.35. The highest BCUT2D eigenvalue weighted by molar-refractivity contribution is 14.1. The summed E-state index contributed by atoms with van der Waals surface area (Å²) >= 11 is 8.22. The Morgan fingerprint density at radius 3 is 2.85 bits per heavy atom. The van der Waals surface area contributed by atoms with Crippen molar-refractivity contribution in [2.45, 2.75) is 13.0 Å². The van der Waals surface area contributed by atoms with Crippen molar-refractivity contribution in [1.29, 1.82) is 0 Å². The van der Waals surface area contributed by atoms with Gasteiger partial charge in [0.25, 0.3) is 0 Å². The van der Waals surface area contributed by atoms with Gasteiger partial charge in [-0.05, 0) is 46.9 Å². The van der Waals surface area contributed by atoms with E-state index < -0.39 is 0 Å². The second kappa shape index (κ2) is 5.73. The number of hydrogen-bond acceptors (Lipinski definition) is 2. The number of imidazole rings is 1. The smallest absolute Gasteiger partial charge is 0.111 e. The van der Waals surface area contributed by atoms with Crippen LogP contribution in [0.15, 0.2) is 30.5 Å². The van der Waals surface area contributed by atoms with Crippen LogP contribution >= 0.6 is 34.2 Å². The summed E-state index contributed by atoms with van der Waals surface area (Å²) in [6.45, 7) is 0.764. The fourth-order valence-electron chi connectivity index (χ4n) is 2.32. The molecule has 0 bridgehead atoms. The molecule has 0 atom stereocenters. The minimum atomic E-state index is 0.575. The van der Waals surface area contributed by atoms with Crippen molar-refractivity contribution in [3.05, 3.63) is 45.6 Å². The number of aryl methyl sites for hydroxylation is 2. The lowest BCUT2D eigenvalue weighted by atomic mass is 10.3. The molecule has 0 aliphatic rings. The van der Waals surface area contributed by atoms with Crippen molar-refractivity contribution in [2.75, 3.05) is 5.88 Å². The van der Waals surface area contributed by atoms with Gasteiger partial charge in [0, 0.05) is 29.1 Å². The molecule has 0 fully saturated rings. The molecule has 3 aromatic rings. The fourth-order valence-corrected chi connectivity index (χ4v) is 2.97. The summed E-state index contributed by atoms with van der Waals surface area (Å²) in [5, 5.41) is 4.22. The van der Waals surface area contributed by atoms with Gasteiger partial charge in [-0.1, -0.05) is 0 Å². The zero-order valence-corrected chi connectivity index (χ0v) is 14.0. The highest BCUT2D eigenvalue weighted by atomic mass is 127. The number of aromatic nitrogens is 4. The maximum absolute atomic E-state index is 5.91. The lowest BCUT2D eigenvalue weighted by Crippen LogP contribution is -2.09. The van der Waals surface area contributed by atoms with E-state index in [9.17, 15) is 0 Å². The van der Waals surface area contributed by atoms with Gasteiger partial charge in [0.2, 0.25) is 0 Å². The second-order valence-electron chi connectivity index (χ2n) is 4.63. The number of alkyl halides is 1. The van der Waals surface area contributed by atoms with Crippen LogP contribution in [0.25, 0.3) is 11.0 Å². The molecule has 3 rings (SSSR count). The Labute approximate surface area is 135 Å². The van der Waals surface area contributed by atoms with Crippen LogP contribution in [-0.2, 0) is 20.0 Å². The monoisotopic (exact) mass is 400 g/mol. The van der Waals surface area contributed by atoms with E-state index in [1.54, 1.807) is 0 Å². The first-order valence-corrected chi connectivity index (χ1v) is 7.98. The molecule has 0 aliphatic carbocycles. The van der Waals surface area contributed by atoms with Crippen LogP contribution in [0.2, 0.25) is 0 Å². The van der Waals surface area contributed by atoms with Gasteiger partial charge in [-0.3, -0.25) is 4.68 Å². The zero-order chi connectivity index (χ0) is 14.1. The molecule has 4 nitrogen and oxygen atoms in total. The Morgan fingerprint density at radius 1 is 1.30 bits per heavy atom. The minimum absolute atomic E-state index is 0.575. The predicted molar refractivity (Wildman–Crippen MR) is 89.2 cm³/mol. The molecule has 0 saturated heterocycles. The molecule has 0 radical (unpaired) electrons. The Kier molecular flexibility index (Phi) is 3.98. The molecule has 1 aromatic carbocycles. The zero-order valence-electron chi connectivity index (χ0n) is 11.1. The Hall–Kier alpha value is -1.08. The largest absolute Gasteiger partial charge is 0.322 e. The predicted octanol–water partition coefficient (Wildman–Crippen LogP) is 3.20. The molecule has 2 aromatic heterocycles. The van der Waals surface area contributed by atoms with Gasteiger partial charge in [0.05, 0.1) is 23.3 Å². The van der Waals surface area contributed by atoms with E-state index in [0.717, 1.165) is 35.5 Å². The summed E-state index contributed by atoms with van der Waals surface area (Å²) in [7, 11) is 1.96. The number of nitrogens with zero attached hydrogens (tertiary/aromatic N) is 4. The molecule has 2 heterocycles. The minimum Gasteiger partial charge on any atom is -0.322 e. The summed E-state index contributed by atoms with van der Waals surface area (Å²) in [5.41, 5.74) is 3.32. The molecule has 104 valence electrons. The Morgan fingerprint density at radius 2 is 2.15 bits per heavy atom. The molecule has 0 amide bonds. The Balaban J connectivity index is 2.11. The van der Waals surface area contributed by atoms with Crippen LogP contribution in [0.4, 0.5) is 0 Å². The van der Waals surface area contributed by atoms with E-state index in [0.29, 0.717) is 5.88 Å². The number of benzene rings is 1. The number of halogens is 2. The SMILES string of the molecule is Cn1nccc1Cn1c(CCCl)nc2cc(I)ccc21. The molecule has 0 unspecified atom stereocenters. The van der Waals surface area contributed by atoms with Crippen LogP contribution in [0, 0.1) is 3.57 Å². The van der Waals surface area contributed by atoms with Gasteiger partial charge in [-0.15, -0.1) is 11.6 Å². The van der Waals surface area contributed by atoms with E-state index in [2.05, 4.69) is 50.5 Å². The van der Waals surface area contributed by atoms with Crippen molar-refractivity contribution >= 4 is 45.2 Å². The summed E-state index contributed by atoms with van der Waals surface area (Å²) in [4.78, 5) is 4.72. The molecule has 0 N–H and O–H groups in total. The molecule has 20 heavy (non-hydrogen) atoms. The summed E-state index contributed by atoms with van der Waals surface area (Å²) < 4.78 is 5.31. The molecular weight excluding hydrogens is 387 g/mol. The van der Waals surface area contributed by atoms with Crippen molar-refractivity contribution in [2.24, 2.45) is 7.05 Å². The van der Waals surface area contributed by atoms with Crippen molar-refractivity contribution in [3.63, 3.8) is 0 Å². The lowest BCUT2D eigenvalue weighted by molar-refractivity contribution is 0.657. The van der Waals surface area contributed by atoms with Crippen LogP contribution in [0.1, 0.15) is 11.5 Å². The lowest BCUT2D eigenvalue weighted by Gasteiger charge is -2.09. The third-order valence-corrected chi connectivity index (χ3v) is 4.21. The molecule has 0 spiro atoms. The van der Waals surface area contributed by atoms with E-state index in [1.165, 1.54) is 3.57 Å². The van der Waals surface area contributed by atoms with Gasteiger partial charge in [-0.25, -0.2) is 4.98 Å². The quantitative estimate of drug-likeness (QED) is 0.498. The van der Waals surface area contributed by atoms with Crippen LogP contribution < -0.4 is 0 Å². The topological polar surface area (TPSA) is 35.6 Å². The maximum Gasteiger partial charge on any atom is 0.111 e.